The molecule has 322 valence electrons. The third kappa shape index (κ3) is 39.5. The van der Waals surface area contributed by atoms with Crippen molar-refractivity contribution in [2.75, 3.05) is 40.9 Å². The fraction of sp³-hybridized carbons (Fsp3) is 0.933. The molecule has 0 spiro atoms. The number of carbonyl (C=O) groups is 1. The largest absolute Gasteiger partial charge is 0.472 e. The summed E-state index contributed by atoms with van der Waals surface area (Å²) in [5, 5.41) is 13.9. The number of quaternary nitrogens is 1. The van der Waals surface area contributed by atoms with Crippen LogP contribution in [0, 0.1) is 0 Å². The highest BCUT2D eigenvalue weighted by molar-refractivity contribution is 7.47. The molecule has 0 fully saturated rings. The summed E-state index contributed by atoms with van der Waals surface area (Å²) in [4.78, 5) is 23.1. The van der Waals surface area contributed by atoms with Crippen LogP contribution in [0.1, 0.15) is 219 Å². The summed E-state index contributed by atoms with van der Waals surface area (Å²) in [7, 11) is 1.61. The van der Waals surface area contributed by atoms with Crippen LogP contribution >= 0.6 is 7.82 Å². The van der Waals surface area contributed by atoms with Gasteiger partial charge < -0.3 is 19.8 Å². The summed E-state index contributed by atoms with van der Waals surface area (Å²) in [5.74, 6) is -0.157. The Bertz CT molecular complexity index is 896. The molecule has 0 aliphatic heterocycles. The Hall–Kier alpha value is -0.760. The molecule has 8 nitrogen and oxygen atoms in total. The first-order chi connectivity index (χ1) is 26.0. The van der Waals surface area contributed by atoms with Gasteiger partial charge >= 0.3 is 7.82 Å². The van der Waals surface area contributed by atoms with E-state index < -0.39 is 20.0 Å². The van der Waals surface area contributed by atoms with Crippen molar-refractivity contribution in [3.63, 3.8) is 0 Å². The van der Waals surface area contributed by atoms with Gasteiger partial charge in [0.15, 0.2) is 0 Å². The van der Waals surface area contributed by atoms with Crippen molar-refractivity contribution in [1.29, 1.82) is 0 Å². The van der Waals surface area contributed by atoms with Crippen LogP contribution in [0.4, 0.5) is 0 Å². The summed E-state index contributed by atoms with van der Waals surface area (Å²) < 4.78 is 23.6. The molecule has 0 heterocycles. The van der Waals surface area contributed by atoms with Gasteiger partial charge in [-0.25, -0.2) is 4.57 Å². The van der Waals surface area contributed by atoms with E-state index in [2.05, 4.69) is 31.3 Å². The third-order valence-corrected chi connectivity index (χ3v) is 11.5. The number of phosphoric ester groups is 1. The average molecular weight is 788 g/mol. The molecule has 9 heteroatoms. The lowest BCUT2D eigenvalue weighted by Crippen LogP contribution is -2.46. The molecule has 0 aromatic heterocycles. The van der Waals surface area contributed by atoms with Gasteiger partial charge in [-0.1, -0.05) is 193 Å². The molecular weight excluding hydrogens is 695 g/mol. The number of carbonyl (C=O) groups excluding carboxylic acids is 1. The summed E-state index contributed by atoms with van der Waals surface area (Å²) >= 11 is 0. The van der Waals surface area contributed by atoms with E-state index in [9.17, 15) is 19.4 Å². The number of likely N-dealkylation sites (N-methyl/N-ethyl adjacent to an activating group) is 1. The van der Waals surface area contributed by atoms with Crippen LogP contribution in [-0.2, 0) is 18.4 Å². The van der Waals surface area contributed by atoms with Crippen LogP contribution in [0.15, 0.2) is 12.2 Å². The highest BCUT2D eigenvalue weighted by Crippen LogP contribution is 2.43. The number of nitrogens with zero attached hydrogens (tertiary/aromatic N) is 1. The quantitative estimate of drug-likeness (QED) is 0.0246. The second-order valence-electron chi connectivity index (χ2n) is 17.1. The van der Waals surface area contributed by atoms with Gasteiger partial charge in [-0.15, -0.1) is 0 Å². The maximum absolute atomic E-state index is 12.8. The van der Waals surface area contributed by atoms with Crippen LogP contribution in [0.3, 0.4) is 0 Å². The topological polar surface area (TPSA) is 105 Å². The predicted molar refractivity (Wildman–Crippen MR) is 231 cm³/mol. The van der Waals surface area contributed by atoms with Gasteiger partial charge in [-0.05, 0) is 32.1 Å². The summed E-state index contributed by atoms with van der Waals surface area (Å²) in [6.07, 6.45) is 42.5. The van der Waals surface area contributed by atoms with Crippen LogP contribution in [0.5, 0.6) is 0 Å². The summed E-state index contributed by atoms with van der Waals surface area (Å²) in [6, 6.07) is -0.761. The minimum absolute atomic E-state index is 0.0743. The first-order valence-electron chi connectivity index (χ1n) is 23.1. The molecule has 0 saturated carbocycles. The minimum atomic E-state index is -4.31. The minimum Gasteiger partial charge on any atom is -0.391 e. The summed E-state index contributed by atoms with van der Waals surface area (Å²) in [6.45, 7) is 4.84. The Morgan fingerprint density at radius 1 is 0.611 bits per heavy atom. The van der Waals surface area contributed by atoms with Gasteiger partial charge in [0.1, 0.15) is 13.2 Å². The Kier molecular flexibility index (Phi) is 37.3. The zero-order valence-corrected chi connectivity index (χ0v) is 37.4. The van der Waals surface area contributed by atoms with E-state index in [0.717, 1.165) is 57.8 Å². The third-order valence-electron chi connectivity index (χ3n) is 10.5. The van der Waals surface area contributed by atoms with E-state index in [1.54, 1.807) is 0 Å². The van der Waals surface area contributed by atoms with Crippen molar-refractivity contribution >= 4 is 13.7 Å². The number of aliphatic hydroxyl groups excluding tert-OH is 1. The number of rotatable bonds is 42. The molecule has 0 rings (SSSR count). The van der Waals surface area contributed by atoms with E-state index in [1.807, 2.05) is 21.1 Å². The molecule has 0 radical (unpaired) electrons. The predicted octanol–water partition coefficient (Wildman–Crippen LogP) is 12.8. The molecule has 0 aromatic rings. The van der Waals surface area contributed by atoms with Gasteiger partial charge in [-0.3, -0.25) is 13.8 Å². The lowest BCUT2D eigenvalue weighted by Gasteiger charge is -2.26. The van der Waals surface area contributed by atoms with E-state index in [-0.39, 0.29) is 19.1 Å². The molecule has 3 unspecified atom stereocenters. The zero-order chi connectivity index (χ0) is 40.0. The van der Waals surface area contributed by atoms with Crippen LogP contribution < -0.4 is 5.32 Å². The van der Waals surface area contributed by atoms with Crippen LogP contribution in [0.2, 0.25) is 0 Å². The normalized spacial score (nSPS) is 14.4. The molecule has 0 aliphatic rings. The van der Waals surface area contributed by atoms with Crippen molar-refractivity contribution in [1.82, 2.24) is 5.32 Å². The van der Waals surface area contributed by atoms with E-state index in [4.69, 9.17) is 9.05 Å². The number of unbranched alkanes of at least 4 members (excludes halogenated alkanes) is 27. The fourth-order valence-electron chi connectivity index (χ4n) is 6.79. The Morgan fingerprint density at radius 2 is 1.02 bits per heavy atom. The van der Waals surface area contributed by atoms with Gasteiger partial charge in [0.25, 0.3) is 0 Å². The van der Waals surface area contributed by atoms with Crippen molar-refractivity contribution in [3.05, 3.63) is 12.2 Å². The highest BCUT2D eigenvalue weighted by Gasteiger charge is 2.28. The molecular formula is C45H92N2O6P+. The van der Waals surface area contributed by atoms with Gasteiger partial charge in [0.2, 0.25) is 5.91 Å². The monoisotopic (exact) mass is 788 g/mol. The second kappa shape index (κ2) is 37.8. The van der Waals surface area contributed by atoms with Crippen molar-refractivity contribution in [2.45, 2.75) is 231 Å². The van der Waals surface area contributed by atoms with E-state index in [1.165, 1.54) is 135 Å². The van der Waals surface area contributed by atoms with Crippen LogP contribution in [-0.4, -0.2) is 73.4 Å². The van der Waals surface area contributed by atoms with Crippen molar-refractivity contribution < 1.29 is 32.9 Å². The molecule has 0 bridgehead atoms. The van der Waals surface area contributed by atoms with Crippen LogP contribution in [0.25, 0.3) is 0 Å². The van der Waals surface area contributed by atoms with Gasteiger partial charge in [-0.2, -0.15) is 0 Å². The number of hydrogen-bond donors (Lipinski definition) is 3. The summed E-state index contributed by atoms with van der Waals surface area (Å²) in [5.41, 5.74) is 0. The molecule has 0 aromatic carbocycles. The zero-order valence-electron chi connectivity index (χ0n) is 36.5. The molecule has 3 atom stereocenters. The molecule has 0 saturated heterocycles. The maximum atomic E-state index is 12.8. The average Bonchev–Trinajstić information content (AvgIpc) is 3.12. The number of nitrogens with one attached hydrogen (secondary N) is 1. The molecule has 3 N–H and O–H groups in total. The number of hydrogen-bond acceptors (Lipinski definition) is 5. The number of amides is 1. The Balaban J connectivity index is 4.20. The number of aliphatic hydroxyl groups is 1. The molecule has 0 aliphatic carbocycles. The van der Waals surface area contributed by atoms with E-state index >= 15 is 0 Å². The van der Waals surface area contributed by atoms with Crippen molar-refractivity contribution in [2.24, 2.45) is 0 Å². The first kappa shape index (κ1) is 53.2. The molecule has 1 amide bonds. The SMILES string of the molecule is CCCC/C=C\CCCCCCC(=O)NC(COP(=O)(O)OCC[N+](C)(C)C)C(O)CCCCCCCCCCCCCCCCCCCCCCCC. The Morgan fingerprint density at radius 3 is 1.48 bits per heavy atom. The van der Waals surface area contributed by atoms with E-state index in [0.29, 0.717) is 23.9 Å². The smallest absolute Gasteiger partial charge is 0.391 e. The van der Waals surface area contributed by atoms with Crippen molar-refractivity contribution in [3.8, 4) is 0 Å². The Labute approximate surface area is 335 Å². The molecule has 54 heavy (non-hydrogen) atoms. The fourth-order valence-corrected chi connectivity index (χ4v) is 7.53. The lowest BCUT2D eigenvalue weighted by atomic mass is 10.0. The lowest BCUT2D eigenvalue weighted by molar-refractivity contribution is -0.870. The maximum Gasteiger partial charge on any atom is 0.472 e. The second-order valence-corrected chi connectivity index (χ2v) is 18.6. The number of allylic oxidation sites excluding steroid dienone is 2. The number of phosphoric acid groups is 1. The standard InChI is InChI=1S/C45H91N2O6P/c1-6-8-10-12-14-16-18-19-20-21-22-23-24-25-26-27-28-29-30-32-34-36-38-44(48)43(42-53-54(50,51)52-41-40-47(3,4)5)46-45(49)39-37-35-33-31-17-15-13-11-9-7-2/h13,15,43-44,48H,6-12,14,16-42H2,1-5H3,(H-,46,49,50,51)/p+1/b15-13-. The van der Waals surface area contributed by atoms with Gasteiger partial charge in [0, 0.05) is 6.42 Å². The van der Waals surface area contributed by atoms with Gasteiger partial charge in [0.05, 0.1) is 39.9 Å². The highest BCUT2D eigenvalue weighted by atomic mass is 31.2. The first-order valence-corrected chi connectivity index (χ1v) is 24.5.